The SMILES string of the molecule is CCCOC(=O)c1ccccc1S(=O)(=O)Nc1[nH]nc(SCCCc2cc(Oc3ccccc3)cc(C(=O)OC)c2)c1-c1cc(CC)ccn1. The highest BCUT2D eigenvalue weighted by atomic mass is 32.2. The van der Waals surface area contributed by atoms with Gasteiger partial charge in [-0.1, -0.05) is 44.2 Å². The monoisotopic (exact) mass is 714 g/mol. The number of anilines is 1. The number of nitrogens with one attached hydrogen (secondary N) is 2. The first-order valence-corrected chi connectivity index (χ1v) is 18.6. The van der Waals surface area contributed by atoms with Crippen molar-refractivity contribution in [1.82, 2.24) is 15.2 Å². The summed E-state index contributed by atoms with van der Waals surface area (Å²) in [6, 6.07) is 24.4. The lowest BCUT2D eigenvalue weighted by Gasteiger charge is -2.13. The second-order valence-corrected chi connectivity index (χ2v) is 13.9. The van der Waals surface area contributed by atoms with Crippen LogP contribution in [0.2, 0.25) is 0 Å². The highest BCUT2D eigenvalue weighted by Gasteiger charge is 2.27. The van der Waals surface area contributed by atoms with Gasteiger partial charge in [-0.25, -0.2) is 18.0 Å². The number of thioether (sulfide) groups is 1. The second-order valence-electron chi connectivity index (χ2n) is 11.1. The Morgan fingerprint density at radius 2 is 1.68 bits per heavy atom. The molecule has 0 fully saturated rings. The Bertz CT molecular complexity index is 2050. The van der Waals surface area contributed by atoms with Crippen LogP contribution in [-0.4, -0.2) is 55.0 Å². The number of methoxy groups -OCH3 is 1. The third-order valence-corrected chi connectivity index (χ3v) is 9.98. The van der Waals surface area contributed by atoms with E-state index in [2.05, 4.69) is 19.9 Å². The van der Waals surface area contributed by atoms with E-state index in [1.807, 2.05) is 62.4 Å². The first-order chi connectivity index (χ1) is 24.2. The van der Waals surface area contributed by atoms with Crippen LogP contribution in [0.3, 0.4) is 0 Å². The summed E-state index contributed by atoms with van der Waals surface area (Å²) in [4.78, 5) is 29.5. The fraction of sp³-hybridized carbons (Fsp3) is 0.243. The van der Waals surface area contributed by atoms with Crippen molar-refractivity contribution >= 4 is 39.5 Å². The van der Waals surface area contributed by atoms with E-state index in [0.717, 1.165) is 17.5 Å². The molecule has 0 aliphatic carbocycles. The molecule has 13 heteroatoms. The van der Waals surface area contributed by atoms with Crippen molar-refractivity contribution in [2.45, 2.75) is 49.5 Å². The summed E-state index contributed by atoms with van der Waals surface area (Å²) in [6.45, 7) is 4.05. The summed E-state index contributed by atoms with van der Waals surface area (Å²) < 4.78 is 46.3. The minimum absolute atomic E-state index is 0.0659. The second kappa shape index (κ2) is 17.0. The van der Waals surface area contributed by atoms with Gasteiger partial charge in [0.1, 0.15) is 27.2 Å². The van der Waals surface area contributed by atoms with Crippen LogP contribution >= 0.6 is 11.8 Å². The summed E-state index contributed by atoms with van der Waals surface area (Å²) in [6.07, 6.45) is 4.35. The number of pyridine rings is 1. The van der Waals surface area contributed by atoms with Crippen molar-refractivity contribution < 1.29 is 32.2 Å². The average Bonchev–Trinajstić information content (AvgIpc) is 3.53. The Kier molecular flexibility index (Phi) is 12.3. The molecule has 0 unspecified atom stereocenters. The Labute approximate surface area is 295 Å². The molecule has 0 spiro atoms. The van der Waals surface area contributed by atoms with E-state index in [4.69, 9.17) is 14.2 Å². The summed E-state index contributed by atoms with van der Waals surface area (Å²) >= 11 is 1.44. The average molecular weight is 715 g/mol. The van der Waals surface area contributed by atoms with Crippen LogP contribution < -0.4 is 9.46 Å². The summed E-state index contributed by atoms with van der Waals surface area (Å²) in [7, 11) is -2.92. The van der Waals surface area contributed by atoms with Crippen LogP contribution in [0.1, 0.15) is 58.5 Å². The molecule has 0 amide bonds. The van der Waals surface area contributed by atoms with Gasteiger partial charge in [-0.05, 0) is 97.2 Å². The molecule has 2 heterocycles. The molecule has 2 N–H and O–H groups in total. The van der Waals surface area contributed by atoms with Gasteiger partial charge >= 0.3 is 11.9 Å². The van der Waals surface area contributed by atoms with Crippen molar-refractivity contribution in [2.75, 3.05) is 24.2 Å². The zero-order valence-corrected chi connectivity index (χ0v) is 29.6. The number of H-pyrrole nitrogens is 1. The lowest BCUT2D eigenvalue weighted by atomic mass is 10.1. The zero-order valence-electron chi connectivity index (χ0n) is 28.0. The van der Waals surface area contributed by atoms with Gasteiger partial charge in [-0.15, -0.1) is 11.8 Å². The Morgan fingerprint density at radius 3 is 2.44 bits per heavy atom. The summed E-state index contributed by atoms with van der Waals surface area (Å²) in [5, 5.41) is 7.88. The number of aromatic nitrogens is 3. The first-order valence-electron chi connectivity index (χ1n) is 16.1. The lowest BCUT2D eigenvalue weighted by Crippen LogP contribution is -2.18. The van der Waals surface area contributed by atoms with E-state index in [1.165, 1.54) is 31.0 Å². The molecule has 0 saturated carbocycles. The van der Waals surface area contributed by atoms with Crippen molar-refractivity contribution in [2.24, 2.45) is 0 Å². The highest BCUT2D eigenvalue weighted by molar-refractivity contribution is 7.99. The van der Waals surface area contributed by atoms with Crippen LogP contribution in [0.5, 0.6) is 11.5 Å². The van der Waals surface area contributed by atoms with Crippen molar-refractivity contribution in [3.05, 3.63) is 113 Å². The van der Waals surface area contributed by atoms with Crippen molar-refractivity contribution in [3.8, 4) is 22.8 Å². The smallest absolute Gasteiger partial charge is 0.339 e. The van der Waals surface area contributed by atoms with Gasteiger partial charge in [-0.3, -0.25) is 14.8 Å². The highest BCUT2D eigenvalue weighted by Crippen LogP contribution is 2.37. The van der Waals surface area contributed by atoms with E-state index in [1.54, 1.807) is 30.5 Å². The quantitative estimate of drug-likeness (QED) is 0.0591. The Balaban J connectivity index is 1.37. The molecule has 260 valence electrons. The third kappa shape index (κ3) is 9.10. The molecule has 3 aromatic carbocycles. The van der Waals surface area contributed by atoms with E-state index in [9.17, 15) is 18.0 Å². The summed E-state index contributed by atoms with van der Waals surface area (Å²) in [5.74, 6) is 0.726. The third-order valence-electron chi connectivity index (χ3n) is 7.51. The molecule has 0 radical (unpaired) electrons. The van der Waals surface area contributed by atoms with Gasteiger partial charge in [0.05, 0.1) is 36.1 Å². The fourth-order valence-electron chi connectivity index (χ4n) is 5.07. The van der Waals surface area contributed by atoms with Gasteiger partial charge < -0.3 is 14.2 Å². The molecule has 0 bridgehead atoms. The zero-order chi connectivity index (χ0) is 35.5. The molecular weight excluding hydrogens is 677 g/mol. The molecule has 0 atom stereocenters. The number of aryl methyl sites for hydroxylation is 2. The fourth-order valence-corrected chi connectivity index (χ4v) is 7.24. The van der Waals surface area contributed by atoms with Crippen LogP contribution in [0.15, 0.2) is 101 Å². The van der Waals surface area contributed by atoms with Crippen LogP contribution in [-0.2, 0) is 32.3 Å². The van der Waals surface area contributed by atoms with Gasteiger partial charge in [0, 0.05) is 6.20 Å². The predicted molar refractivity (Wildman–Crippen MR) is 192 cm³/mol. The minimum Gasteiger partial charge on any atom is -0.465 e. The Morgan fingerprint density at radius 1 is 0.900 bits per heavy atom. The Hall–Kier alpha value is -5.14. The number of ether oxygens (including phenoxy) is 3. The van der Waals surface area contributed by atoms with Crippen LogP contribution in [0.25, 0.3) is 11.3 Å². The number of carbonyl (C=O) groups is 2. The number of sulfonamides is 1. The van der Waals surface area contributed by atoms with E-state index < -0.39 is 22.0 Å². The van der Waals surface area contributed by atoms with Crippen molar-refractivity contribution in [3.63, 3.8) is 0 Å². The first kappa shape index (κ1) is 36.1. The van der Waals surface area contributed by atoms with E-state index in [-0.39, 0.29) is 22.9 Å². The topological polar surface area (TPSA) is 150 Å². The van der Waals surface area contributed by atoms with Gasteiger partial charge in [0.15, 0.2) is 0 Å². The standard InChI is InChI=1S/C37H38N4O7S2/c1-4-19-47-37(43)30-15-9-10-16-32(30)50(44,45)41-34-33(31-23-25(5-2)17-18-38-31)35(40-39-34)49-20-11-12-26-21-27(36(42)46-3)24-29(22-26)48-28-13-7-6-8-14-28/h6-10,13-18,21-24H,4-5,11-12,19-20H2,1-3H3,(H2,39,40,41). The van der Waals surface area contributed by atoms with Crippen LogP contribution in [0.4, 0.5) is 5.82 Å². The van der Waals surface area contributed by atoms with Crippen molar-refractivity contribution in [1.29, 1.82) is 0 Å². The van der Waals surface area contributed by atoms with Gasteiger partial charge in [0.2, 0.25) is 0 Å². The number of hydrogen-bond acceptors (Lipinski definition) is 10. The minimum atomic E-state index is -4.26. The molecule has 5 rings (SSSR count). The maximum atomic E-state index is 13.7. The number of benzene rings is 3. The molecule has 2 aromatic heterocycles. The predicted octanol–water partition coefficient (Wildman–Crippen LogP) is 7.71. The number of hydrogen-bond donors (Lipinski definition) is 2. The lowest BCUT2D eigenvalue weighted by molar-refractivity contribution is 0.0500. The molecule has 0 saturated heterocycles. The van der Waals surface area contributed by atoms with E-state index in [0.29, 0.717) is 58.4 Å². The largest absolute Gasteiger partial charge is 0.465 e. The number of aromatic amines is 1. The molecule has 0 aliphatic rings. The normalized spacial score (nSPS) is 11.2. The number of para-hydroxylation sites is 1. The van der Waals surface area contributed by atoms with Gasteiger partial charge in [0.25, 0.3) is 10.0 Å². The number of rotatable bonds is 16. The van der Waals surface area contributed by atoms with E-state index >= 15 is 0 Å². The molecule has 50 heavy (non-hydrogen) atoms. The number of carbonyl (C=O) groups excluding carboxylic acids is 2. The van der Waals surface area contributed by atoms with Gasteiger partial charge in [-0.2, -0.15) is 5.10 Å². The molecule has 0 aliphatic heterocycles. The molecule has 5 aromatic rings. The van der Waals surface area contributed by atoms with Crippen LogP contribution in [0, 0.1) is 0 Å². The maximum Gasteiger partial charge on any atom is 0.339 e. The number of nitrogens with zero attached hydrogens (tertiary/aromatic N) is 2. The maximum absolute atomic E-state index is 13.7. The number of esters is 2. The molecule has 11 nitrogen and oxygen atoms in total. The molecular formula is C37H38N4O7S2. The summed E-state index contributed by atoms with van der Waals surface area (Å²) in [5.41, 5.74) is 3.27.